The molecule has 0 aliphatic carbocycles. The standard InChI is InChI=1S/C18H20N2O/c1-11-9-10-16(13(3)12(11)2)20-17(19-4)14-7-5-6-8-15(14)18(20)21/h5-10,17,19H,1-4H3. The SMILES string of the molecule is CNC1c2ccccc2C(=O)N1c1ccc(C)c(C)c1C. The van der Waals surface area contributed by atoms with Crippen molar-refractivity contribution in [2.45, 2.75) is 26.9 Å². The minimum absolute atomic E-state index is 0.0660. The zero-order valence-electron chi connectivity index (χ0n) is 12.9. The molecule has 1 N–H and O–H groups in total. The third kappa shape index (κ3) is 1.96. The quantitative estimate of drug-likeness (QED) is 0.913. The zero-order valence-corrected chi connectivity index (χ0v) is 12.9. The summed E-state index contributed by atoms with van der Waals surface area (Å²) in [6.07, 6.45) is -0.102. The molecule has 3 rings (SSSR count). The Morgan fingerprint density at radius 1 is 1.00 bits per heavy atom. The monoisotopic (exact) mass is 280 g/mol. The molecule has 1 aliphatic rings. The first-order chi connectivity index (χ1) is 10.1. The van der Waals surface area contributed by atoms with Gasteiger partial charge in [0.15, 0.2) is 0 Å². The Labute approximate surface area is 125 Å². The van der Waals surface area contributed by atoms with Crippen LogP contribution >= 0.6 is 0 Å². The van der Waals surface area contributed by atoms with Crippen LogP contribution in [0.25, 0.3) is 0 Å². The van der Waals surface area contributed by atoms with Crippen LogP contribution in [-0.2, 0) is 0 Å². The summed E-state index contributed by atoms with van der Waals surface area (Å²) in [6.45, 7) is 6.29. The van der Waals surface area contributed by atoms with Gasteiger partial charge in [-0.05, 0) is 56.6 Å². The predicted molar refractivity (Wildman–Crippen MR) is 85.7 cm³/mol. The van der Waals surface area contributed by atoms with Crippen molar-refractivity contribution in [1.82, 2.24) is 5.32 Å². The number of nitrogens with zero attached hydrogens (tertiary/aromatic N) is 1. The number of benzene rings is 2. The lowest BCUT2D eigenvalue weighted by Crippen LogP contribution is -2.35. The highest BCUT2D eigenvalue weighted by molar-refractivity contribution is 6.11. The second-order valence-corrected chi connectivity index (χ2v) is 5.61. The van der Waals surface area contributed by atoms with E-state index in [1.807, 2.05) is 42.3 Å². The Kier molecular flexibility index (Phi) is 3.30. The van der Waals surface area contributed by atoms with E-state index in [0.717, 1.165) is 22.4 Å². The van der Waals surface area contributed by atoms with Crippen molar-refractivity contribution in [3.8, 4) is 0 Å². The van der Waals surface area contributed by atoms with Gasteiger partial charge in [0, 0.05) is 16.8 Å². The maximum atomic E-state index is 12.8. The number of amides is 1. The average molecular weight is 280 g/mol. The summed E-state index contributed by atoms with van der Waals surface area (Å²) in [5.41, 5.74) is 6.47. The lowest BCUT2D eigenvalue weighted by atomic mass is 10.0. The van der Waals surface area contributed by atoms with Crippen LogP contribution in [0.5, 0.6) is 0 Å². The Balaban J connectivity index is 2.16. The summed E-state index contributed by atoms with van der Waals surface area (Å²) in [5, 5.41) is 3.27. The smallest absolute Gasteiger partial charge is 0.260 e. The molecule has 1 heterocycles. The summed E-state index contributed by atoms with van der Waals surface area (Å²) in [6, 6.07) is 11.9. The van der Waals surface area contributed by atoms with E-state index in [2.05, 4.69) is 32.2 Å². The van der Waals surface area contributed by atoms with Gasteiger partial charge in [-0.2, -0.15) is 0 Å². The topological polar surface area (TPSA) is 32.3 Å². The third-order valence-corrected chi connectivity index (χ3v) is 4.53. The molecule has 2 aromatic carbocycles. The van der Waals surface area contributed by atoms with Crippen LogP contribution in [0.2, 0.25) is 0 Å². The van der Waals surface area contributed by atoms with Crippen LogP contribution in [0.4, 0.5) is 5.69 Å². The van der Waals surface area contributed by atoms with Crippen molar-refractivity contribution in [3.05, 3.63) is 64.2 Å². The predicted octanol–water partition coefficient (Wildman–Crippen LogP) is 3.49. The molecule has 0 spiro atoms. The lowest BCUT2D eigenvalue weighted by Gasteiger charge is -2.27. The first-order valence-corrected chi connectivity index (χ1v) is 7.22. The van der Waals surface area contributed by atoms with Gasteiger partial charge < -0.3 is 0 Å². The van der Waals surface area contributed by atoms with E-state index in [0.29, 0.717) is 0 Å². The molecule has 0 saturated carbocycles. The number of carbonyl (C=O) groups excluding carboxylic acids is 1. The molecule has 3 nitrogen and oxygen atoms in total. The maximum absolute atomic E-state index is 12.8. The highest BCUT2D eigenvalue weighted by Gasteiger charge is 2.37. The Hall–Kier alpha value is -2.13. The maximum Gasteiger partial charge on any atom is 0.260 e. The molecule has 3 heteroatoms. The Bertz CT molecular complexity index is 721. The fraction of sp³-hybridized carbons (Fsp3) is 0.278. The number of hydrogen-bond acceptors (Lipinski definition) is 2. The molecule has 0 aromatic heterocycles. The number of hydrogen-bond donors (Lipinski definition) is 1. The van der Waals surface area contributed by atoms with Gasteiger partial charge in [0.1, 0.15) is 6.17 Å². The van der Waals surface area contributed by atoms with Crippen molar-refractivity contribution in [2.75, 3.05) is 11.9 Å². The first-order valence-electron chi connectivity index (χ1n) is 7.22. The molecule has 1 aliphatic heterocycles. The molecular formula is C18H20N2O. The second-order valence-electron chi connectivity index (χ2n) is 5.61. The van der Waals surface area contributed by atoms with Gasteiger partial charge in [0.05, 0.1) is 0 Å². The highest BCUT2D eigenvalue weighted by Crippen LogP contribution is 2.38. The zero-order chi connectivity index (χ0) is 15.1. The van der Waals surface area contributed by atoms with Crippen molar-refractivity contribution < 1.29 is 4.79 Å². The first kappa shape index (κ1) is 13.8. The number of fused-ring (bicyclic) bond motifs is 1. The molecule has 0 radical (unpaired) electrons. The van der Waals surface area contributed by atoms with Gasteiger partial charge in [-0.25, -0.2) is 0 Å². The van der Waals surface area contributed by atoms with Crippen molar-refractivity contribution >= 4 is 11.6 Å². The molecule has 1 atom stereocenters. The number of carbonyl (C=O) groups is 1. The number of nitrogens with one attached hydrogen (secondary N) is 1. The summed E-state index contributed by atoms with van der Waals surface area (Å²) < 4.78 is 0. The van der Waals surface area contributed by atoms with E-state index >= 15 is 0 Å². The molecular weight excluding hydrogens is 260 g/mol. The van der Waals surface area contributed by atoms with Crippen LogP contribution in [0, 0.1) is 20.8 Å². The van der Waals surface area contributed by atoms with E-state index < -0.39 is 0 Å². The molecule has 0 saturated heterocycles. The van der Waals surface area contributed by atoms with Crippen molar-refractivity contribution in [2.24, 2.45) is 0 Å². The van der Waals surface area contributed by atoms with Crippen LogP contribution in [0.3, 0.4) is 0 Å². The van der Waals surface area contributed by atoms with E-state index in [9.17, 15) is 4.79 Å². The molecule has 2 aromatic rings. The van der Waals surface area contributed by atoms with E-state index in [1.165, 1.54) is 11.1 Å². The van der Waals surface area contributed by atoms with Gasteiger partial charge in [0.2, 0.25) is 0 Å². The van der Waals surface area contributed by atoms with Crippen molar-refractivity contribution in [1.29, 1.82) is 0 Å². The molecule has 1 amide bonds. The van der Waals surface area contributed by atoms with Gasteiger partial charge in [0.25, 0.3) is 5.91 Å². The van der Waals surface area contributed by atoms with Gasteiger partial charge in [-0.15, -0.1) is 0 Å². The molecule has 0 fully saturated rings. The molecule has 0 bridgehead atoms. The summed E-state index contributed by atoms with van der Waals surface area (Å²) >= 11 is 0. The van der Waals surface area contributed by atoms with E-state index in [4.69, 9.17) is 0 Å². The average Bonchev–Trinajstić information content (AvgIpc) is 2.78. The lowest BCUT2D eigenvalue weighted by molar-refractivity contribution is 0.0989. The van der Waals surface area contributed by atoms with Gasteiger partial charge in [-0.1, -0.05) is 24.3 Å². The van der Waals surface area contributed by atoms with Crippen LogP contribution < -0.4 is 10.2 Å². The fourth-order valence-corrected chi connectivity index (χ4v) is 3.05. The van der Waals surface area contributed by atoms with Gasteiger partial charge in [-0.3, -0.25) is 15.0 Å². The van der Waals surface area contributed by atoms with E-state index in [1.54, 1.807) is 0 Å². The molecule has 1 unspecified atom stereocenters. The number of rotatable bonds is 2. The number of aryl methyl sites for hydroxylation is 1. The van der Waals surface area contributed by atoms with Crippen LogP contribution in [0.1, 0.15) is 38.8 Å². The normalized spacial score (nSPS) is 17.2. The van der Waals surface area contributed by atoms with Gasteiger partial charge >= 0.3 is 0 Å². The fourth-order valence-electron chi connectivity index (χ4n) is 3.05. The summed E-state index contributed by atoms with van der Waals surface area (Å²) in [5.74, 6) is 0.0660. The minimum atomic E-state index is -0.102. The van der Waals surface area contributed by atoms with Crippen molar-refractivity contribution in [3.63, 3.8) is 0 Å². The Morgan fingerprint density at radius 2 is 1.71 bits per heavy atom. The summed E-state index contributed by atoms with van der Waals surface area (Å²) in [7, 11) is 1.89. The minimum Gasteiger partial charge on any atom is -0.296 e. The third-order valence-electron chi connectivity index (χ3n) is 4.53. The van der Waals surface area contributed by atoms with E-state index in [-0.39, 0.29) is 12.1 Å². The van der Waals surface area contributed by atoms with Crippen LogP contribution in [0.15, 0.2) is 36.4 Å². The summed E-state index contributed by atoms with van der Waals surface area (Å²) in [4.78, 5) is 14.7. The molecule has 108 valence electrons. The molecule has 21 heavy (non-hydrogen) atoms. The highest BCUT2D eigenvalue weighted by atomic mass is 16.2. The number of anilines is 1. The van der Waals surface area contributed by atoms with Crippen LogP contribution in [-0.4, -0.2) is 13.0 Å². The Morgan fingerprint density at radius 3 is 2.43 bits per heavy atom. The largest absolute Gasteiger partial charge is 0.296 e. The second kappa shape index (κ2) is 5.01.